The van der Waals surface area contributed by atoms with E-state index in [-0.39, 0.29) is 17.6 Å². The number of carbonyl (C=O) groups is 2. The highest BCUT2D eigenvalue weighted by Gasteiger charge is 2.05. The maximum atomic E-state index is 11.6. The van der Waals surface area contributed by atoms with Crippen molar-refractivity contribution in [2.45, 2.75) is 31.3 Å². The number of carboxylic acid groups (broad SMARTS) is 1. The van der Waals surface area contributed by atoms with Crippen LogP contribution in [0.5, 0.6) is 0 Å². The molecular weight excluding hydrogens is 290 g/mol. The summed E-state index contributed by atoms with van der Waals surface area (Å²) in [5.74, 6) is -0.669. The molecule has 1 aromatic rings. The minimum atomic E-state index is -0.951. The molecule has 21 heavy (non-hydrogen) atoms. The predicted molar refractivity (Wildman–Crippen MR) is 82.8 cm³/mol. The Labute approximate surface area is 129 Å². The van der Waals surface area contributed by atoms with Crippen molar-refractivity contribution in [3.05, 3.63) is 29.8 Å². The summed E-state index contributed by atoms with van der Waals surface area (Å²) in [6.45, 7) is 5.20. The van der Waals surface area contributed by atoms with Crippen molar-refractivity contribution in [3.63, 3.8) is 0 Å². The molecule has 1 rings (SSSR count). The number of carbonyl (C=O) groups excluding carboxylic acids is 1. The fraction of sp³-hybridized carbons (Fsp3) is 0.467. The van der Waals surface area contributed by atoms with Crippen molar-refractivity contribution in [1.29, 1.82) is 0 Å². The SMILES string of the molecule is CC(C)OCCCNC(=O)CSc1ccc(C(=O)O)cc1. The van der Waals surface area contributed by atoms with Crippen molar-refractivity contribution < 1.29 is 19.4 Å². The monoisotopic (exact) mass is 311 g/mol. The van der Waals surface area contributed by atoms with Gasteiger partial charge in [0.05, 0.1) is 17.4 Å². The second-order valence-corrected chi connectivity index (χ2v) is 5.79. The number of hydrogen-bond acceptors (Lipinski definition) is 4. The van der Waals surface area contributed by atoms with Gasteiger partial charge in [0, 0.05) is 18.0 Å². The number of carboxylic acids is 1. The van der Waals surface area contributed by atoms with E-state index < -0.39 is 5.97 Å². The van der Waals surface area contributed by atoms with Crippen LogP contribution in [0.25, 0.3) is 0 Å². The first-order chi connectivity index (χ1) is 9.99. The van der Waals surface area contributed by atoms with E-state index >= 15 is 0 Å². The van der Waals surface area contributed by atoms with Crippen molar-refractivity contribution in [3.8, 4) is 0 Å². The molecule has 1 aromatic carbocycles. The van der Waals surface area contributed by atoms with Gasteiger partial charge in [-0.05, 0) is 44.5 Å². The molecule has 0 unspecified atom stereocenters. The molecule has 0 atom stereocenters. The Kier molecular flexibility index (Phi) is 7.85. The third-order valence-electron chi connectivity index (χ3n) is 2.57. The molecule has 0 heterocycles. The summed E-state index contributed by atoms with van der Waals surface area (Å²) in [6, 6.07) is 6.48. The highest BCUT2D eigenvalue weighted by atomic mass is 32.2. The van der Waals surface area contributed by atoms with Gasteiger partial charge in [-0.3, -0.25) is 4.79 Å². The van der Waals surface area contributed by atoms with Gasteiger partial charge in [-0.25, -0.2) is 4.79 Å². The summed E-state index contributed by atoms with van der Waals surface area (Å²) in [7, 11) is 0. The molecule has 2 N–H and O–H groups in total. The Morgan fingerprint density at radius 1 is 1.29 bits per heavy atom. The second kappa shape index (κ2) is 9.41. The Hall–Kier alpha value is -1.53. The number of hydrogen-bond donors (Lipinski definition) is 2. The molecule has 0 saturated heterocycles. The van der Waals surface area contributed by atoms with Gasteiger partial charge >= 0.3 is 5.97 Å². The Balaban J connectivity index is 2.19. The van der Waals surface area contributed by atoms with Crippen LogP contribution in [0.1, 0.15) is 30.6 Å². The van der Waals surface area contributed by atoms with Gasteiger partial charge in [-0.2, -0.15) is 0 Å². The second-order valence-electron chi connectivity index (χ2n) is 4.74. The average molecular weight is 311 g/mol. The molecule has 0 radical (unpaired) electrons. The van der Waals surface area contributed by atoms with Gasteiger partial charge in [0.15, 0.2) is 0 Å². The molecule has 0 bridgehead atoms. The summed E-state index contributed by atoms with van der Waals surface area (Å²) in [5.41, 5.74) is 0.244. The van der Waals surface area contributed by atoms with Gasteiger partial charge < -0.3 is 15.2 Å². The topological polar surface area (TPSA) is 75.6 Å². The fourth-order valence-electron chi connectivity index (χ4n) is 1.51. The van der Waals surface area contributed by atoms with Crippen LogP contribution in [0.15, 0.2) is 29.2 Å². The lowest BCUT2D eigenvalue weighted by molar-refractivity contribution is -0.118. The summed E-state index contributed by atoms with van der Waals surface area (Å²) in [4.78, 5) is 23.2. The maximum absolute atomic E-state index is 11.6. The number of thioether (sulfide) groups is 1. The average Bonchev–Trinajstić information content (AvgIpc) is 2.44. The number of ether oxygens (including phenoxy) is 1. The number of nitrogens with one attached hydrogen (secondary N) is 1. The minimum absolute atomic E-state index is 0.0353. The molecule has 0 saturated carbocycles. The van der Waals surface area contributed by atoms with Gasteiger partial charge in [0.1, 0.15) is 0 Å². The van der Waals surface area contributed by atoms with Crippen LogP contribution in [0, 0.1) is 0 Å². The standard InChI is InChI=1S/C15H21NO4S/c1-11(2)20-9-3-8-16-14(17)10-21-13-6-4-12(5-7-13)15(18)19/h4-7,11H,3,8-10H2,1-2H3,(H,16,17)(H,18,19). The van der Waals surface area contributed by atoms with Gasteiger partial charge in [-0.1, -0.05) is 0 Å². The number of amides is 1. The highest BCUT2D eigenvalue weighted by molar-refractivity contribution is 8.00. The molecule has 0 fully saturated rings. The van der Waals surface area contributed by atoms with E-state index in [1.807, 2.05) is 13.8 Å². The first-order valence-corrected chi connectivity index (χ1v) is 7.82. The number of aromatic carboxylic acids is 1. The first-order valence-electron chi connectivity index (χ1n) is 6.83. The maximum Gasteiger partial charge on any atom is 0.335 e. The summed E-state index contributed by atoms with van der Waals surface area (Å²) < 4.78 is 5.38. The molecule has 0 aliphatic heterocycles. The molecule has 6 heteroatoms. The van der Waals surface area contributed by atoms with Crippen LogP contribution in [0.3, 0.4) is 0 Å². The van der Waals surface area contributed by atoms with Crippen LogP contribution >= 0.6 is 11.8 Å². The van der Waals surface area contributed by atoms with Gasteiger partial charge in [-0.15, -0.1) is 11.8 Å². The fourth-order valence-corrected chi connectivity index (χ4v) is 2.24. The minimum Gasteiger partial charge on any atom is -0.478 e. The largest absolute Gasteiger partial charge is 0.478 e. The van der Waals surface area contributed by atoms with Crippen molar-refractivity contribution in [1.82, 2.24) is 5.32 Å². The van der Waals surface area contributed by atoms with Crippen LogP contribution in [-0.2, 0) is 9.53 Å². The Bertz CT molecular complexity index is 459. The highest BCUT2D eigenvalue weighted by Crippen LogP contribution is 2.18. The van der Waals surface area contributed by atoms with E-state index in [1.165, 1.54) is 23.9 Å². The number of benzene rings is 1. The molecule has 116 valence electrons. The lowest BCUT2D eigenvalue weighted by Crippen LogP contribution is -2.27. The lowest BCUT2D eigenvalue weighted by Gasteiger charge is -2.08. The van der Waals surface area contributed by atoms with Crippen LogP contribution in [0.4, 0.5) is 0 Å². The van der Waals surface area contributed by atoms with E-state index in [2.05, 4.69) is 5.32 Å². The van der Waals surface area contributed by atoms with Crippen LogP contribution in [-0.4, -0.2) is 42.0 Å². The normalized spacial score (nSPS) is 10.6. The summed E-state index contributed by atoms with van der Waals surface area (Å²) >= 11 is 1.38. The Morgan fingerprint density at radius 2 is 1.95 bits per heavy atom. The van der Waals surface area contributed by atoms with E-state index in [4.69, 9.17) is 9.84 Å². The summed E-state index contributed by atoms with van der Waals surface area (Å²) in [6.07, 6.45) is 1.01. The Morgan fingerprint density at radius 3 is 2.52 bits per heavy atom. The van der Waals surface area contributed by atoms with E-state index in [1.54, 1.807) is 12.1 Å². The van der Waals surface area contributed by atoms with Gasteiger partial charge in [0.25, 0.3) is 0 Å². The van der Waals surface area contributed by atoms with Crippen LogP contribution < -0.4 is 5.32 Å². The molecule has 0 aliphatic rings. The third-order valence-corrected chi connectivity index (χ3v) is 3.58. The predicted octanol–water partition coefficient (Wildman–Crippen LogP) is 2.41. The quantitative estimate of drug-likeness (QED) is 0.541. The molecule has 5 nitrogen and oxygen atoms in total. The molecular formula is C15H21NO4S. The lowest BCUT2D eigenvalue weighted by atomic mass is 10.2. The van der Waals surface area contributed by atoms with Crippen molar-refractivity contribution >= 4 is 23.6 Å². The van der Waals surface area contributed by atoms with E-state index in [0.29, 0.717) is 18.9 Å². The van der Waals surface area contributed by atoms with E-state index in [0.717, 1.165) is 11.3 Å². The summed E-state index contributed by atoms with van der Waals surface area (Å²) in [5, 5.41) is 11.6. The van der Waals surface area contributed by atoms with Crippen molar-refractivity contribution in [2.75, 3.05) is 18.9 Å². The molecule has 0 aromatic heterocycles. The smallest absolute Gasteiger partial charge is 0.335 e. The first kappa shape index (κ1) is 17.5. The molecule has 0 spiro atoms. The zero-order chi connectivity index (χ0) is 15.7. The zero-order valence-corrected chi connectivity index (χ0v) is 13.1. The van der Waals surface area contributed by atoms with Crippen molar-refractivity contribution in [2.24, 2.45) is 0 Å². The third kappa shape index (κ3) is 7.72. The van der Waals surface area contributed by atoms with Gasteiger partial charge in [0.2, 0.25) is 5.91 Å². The zero-order valence-electron chi connectivity index (χ0n) is 12.3. The molecule has 1 amide bonds. The van der Waals surface area contributed by atoms with E-state index in [9.17, 15) is 9.59 Å². The number of rotatable bonds is 9. The van der Waals surface area contributed by atoms with Crippen LogP contribution in [0.2, 0.25) is 0 Å². The molecule has 0 aliphatic carbocycles.